The fraction of sp³-hybridized carbons (Fsp3) is 0.636. The molecule has 1 aromatic rings. The Balaban J connectivity index is 2.26. The summed E-state index contributed by atoms with van der Waals surface area (Å²) in [6.45, 7) is 8.12. The van der Waals surface area contributed by atoms with Crippen LogP contribution in [0.4, 0.5) is 0 Å². The number of piperazine rings is 1. The Morgan fingerprint density at radius 3 is 2.69 bits per heavy atom. The summed E-state index contributed by atoms with van der Waals surface area (Å²) in [7, 11) is 0. The molecule has 1 fully saturated rings. The lowest BCUT2D eigenvalue weighted by Gasteiger charge is -2.40. The number of hydrogen-bond acceptors (Lipinski definition) is 4. The highest BCUT2D eigenvalue weighted by molar-refractivity contribution is 5.04. The van der Waals surface area contributed by atoms with Crippen molar-refractivity contribution in [1.82, 2.24) is 20.2 Å². The van der Waals surface area contributed by atoms with Crippen LogP contribution in [0.15, 0.2) is 17.1 Å². The van der Waals surface area contributed by atoms with Crippen molar-refractivity contribution in [3.8, 4) is 0 Å². The molecular formula is C11H18N4O. The zero-order chi connectivity index (χ0) is 11.6. The molecule has 5 heteroatoms. The van der Waals surface area contributed by atoms with Crippen LogP contribution in [0.25, 0.3) is 0 Å². The summed E-state index contributed by atoms with van der Waals surface area (Å²) >= 11 is 0. The third-order valence-corrected chi connectivity index (χ3v) is 3.16. The van der Waals surface area contributed by atoms with Crippen LogP contribution in [0.5, 0.6) is 0 Å². The van der Waals surface area contributed by atoms with E-state index in [0.717, 1.165) is 32.0 Å². The number of aromatic amines is 1. The Morgan fingerprint density at radius 2 is 2.06 bits per heavy atom. The normalized spacial score (nSPS) is 18.6. The zero-order valence-electron chi connectivity index (χ0n) is 9.79. The van der Waals surface area contributed by atoms with Gasteiger partial charge in [0, 0.05) is 38.4 Å². The monoisotopic (exact) mass is 222 g/mol. The van der Waals surface area contributed by atoms with Crippen LogP contribution in [0.3, 0.4) is 0 Å². The number of nitrogens with zero attached hydrogens (tertiary/aromatic N) is 2. The van der Waals surface area contributed by atoms with Crippen molar-refractivity contribution in [2.24, 2.45) is 0 Å². The fourth-order valence-corrected chi connectivity index (χ4v) is 2.05. The minimum Gasteiger partial charge on any atom is -0.314 e. The second kappa shape index (κ2) is 4.35. The van der Waals surface area contributed by atoms with Crippen molar-refractivity contribution in [1.29, 1.82) is 0 Å². The smallest absolute Gasteiger partial charge is 0.250 e. The topological polar surface area (TPSA) is 61.0 Å². The van der Waals surface area contributed by atoms with E-state index in [4.69, 9.17) is 0 Å². The van der Waals surface area contributed by atoms with Gasteiger partial charge < -0.3 is 10.3 Å². The van der Waals surface area contributed by atoms with E-state index in [0.29, 0.717) is 0 Å². The number of H-pyrrole nitrogens is 1. The van der Waals surface area contributed by atoms with E-state index in [2.05, 4.69) is 34.0 Å². The first-order valence-electron chi connectivity index (χ1n) is 5.62. The maximum Gasteiger partial charge on any atom is 0.250 e. The second-order valence-electron chi connectivity index (χ2n) is 4.58. The molecule has 1 aliphatic heterocycles. The van der Waals surface area contributed by atoms with Gasteiger partial charge in [-0.1, -0.05) is 0 Å². The van der Waals surface area contributed by atoms with E-state index in [1.54, 1.807) is 6.20 Å². The Labute approximate surface area is 94.9 Å². The number of hydrogen-bond donors (Lipinski definition) is 2. The molecule has 1 saturated heterocycles. The number of aromatic nitrogens is 2. The third kappa shape index (κ3) is 2.15. The molecule has 1 aliphatic rings. The van der Waals surface area contributed by atoms with Crippen LogP contribution in [0, 0.1) is 0 Å². The lowest BCUT2D eigenvalue weighted by Crippen LogP contribution is -2.52. The molecule has 0 unspecified atom stereocenters. The average molecular weight is 222 g/mol. The average Bonchev–Trinajstić information content (AvgIpc) is 2.30. The summed E-state index contributed by atoms with van der Waals surface area (Å²) in [4.78, 5) is 20.7. The predicted octanol–water partition coefficient (Wildman–Crippen LogP) is -0.0898. The molecule has 0 bridgehead atoms. The Hall–Kier alpha value is -1.20. The third-order valence-electron chi connectivity index (χ3n) is 3.16. The molecule has 2 rings (SSSR count). The van der Waals surface area contributed by atoms with Gasteiger partial charge in [0.25, 0.3) is 5.56 Å². The van der Waals surface area contributed by atoms with Gasteiger partial charge in [0.05, 0.1) is 5.54 Å². The van der Waals surface area contributed by atoms with Gasteiger partial charge in [0.15, 0.2) is 0 Å². The van der Waals surface area contributed by atoms with Crippen LogP contribution in [-0.4, -0.2) is 41.0 Å². The molecule has 0 amide bonds. The fourth-order valence-electron chi connectivity index (χ4n) is 2.05. The maximum atomic E-state index is 11.3. The summed E-state index contributed by atoms with van der Waals surface area (Å²) in [6.07, 6.45) is 1.57. The number of nitrogens with one attached hydrogen (secondary N) is 2. The zero-order valence-corrected chi connectivity index (χ0v) is 9.79. The molecule has 88 valence electrons. The van der Waals surface area contributed by atoms with Gasteiger partial charge in [-0.3, -0.25) is 9.69 Å². The van der Waals surface area contributed by atoms with Crippen molar-refractivity contribution in [3.05, 3.63) is 28.4 Å². The highest BCUT2D eigenvalue weighted by atomic mass is 16.1. The molecule has 0 aliphatic carbocycles. The van der Waals surface area contributed by atoms with E-state index < -0.39 is 0 Å². The van der Waals surface area contributed by atoms with E-state index in [1.165, 1.54) is 6.07 Å². The van der Waals surface area contributed by atoms with Crippen molar-refractivity contribution in [3.63, 3.8) is 0 Å². The lowest BCUT2D eigenvalue weighted by molar-refractivity contribution is 0.0945. The van der Waals surface area contributed by atoms with Crippen molar-refractivity contribution in [2.75, 3.05) is 26.2 Å². The van der Waals surface area contributed by atoms with Crippen LogP contribution in [0.1, 0.15) is 19.7 Å². The van der Waals surface area contributed by atoms with Crippen LogP contribution in [0.2, 0.25) is 0 Å². The molecule has 0 aromatic carbocycles. The Kier molecular flexibility index (Phi) is 3.07. The maximum absolute atomic E-state index is 11.3. The lowest BCUT2D eigenvalue weighted by atomic mass is 10.0. The summed E-state index contributed by atoms with van der Waals surface area (Å²) in [5.74, 6) is 0.738. The molecule has 1 aromatic heterocycles. The van der Waals surface area contributed by atoms with Gasteiger partial charge in [-0.15, -0.1) is 0 Å². The Morgan fingerprint density at radius 1 is 1.38 bits per heavy atom. The molecule has 16 heavy (non-hydrogen) atoms. The SMILES string of the molecule is CC(C)(c1nccc(=O)[nH]1)N1CCNCC1. The number of rotatable bonds is 2. The molecular weight excluding hydrogens is 204 g/mol. The van der Waals surface area contributed by atoms with E-state index in [9.17, 15) is 4.79 Å². The minimum absolute atomic E-state index is 0.0896. The highest BCUT2D eigenvalue weighted by Crippen LogP contribution is 2.23. The molecule has 0 saturated carbocycles. The largest absolute Gasteiger partial charge is 0.314 e. The van der Waals surface area contributed by atoms with Crippen molar-refractivity contribution >= 4 is 0 Å². The standard InChI is InChI=1S/C11H18N4O/c1-11(2,15-7-5-12-6-8-15)10-13-4-3-9(16)14-10/h3-4,12H,5-8H2,1-2H3,(H,13,14,16). The minimum atomic E-state index is -0.220. The first-order valence-corrected chi connectivity index (χ1v) is 5.62. The van der Waals surface area contributed by atoms with Crippen LogP contribution >= 0.6 is 0 Å². The quantitative estimate of drug-likeness (QED) is 0.734. The molecule has 5 nitrogen and oxygen atoms in total. The van der Waals surface area contributed by atoms with Gasteiger partial charge in [-0.2, -0.15) is 0 Å². The molecule has 0 radical (unpaired) electrons. The molecule has 2 N–H and O–H groups in total. The van der Waals surface area contributed by atoms with Gasteiger partial charge in [-0.05, 0) is 13.8 Å². The first-order chi connectivity index (χ1) is 7.60. The summed E-state index contributed by atoms with van der Waals surface area (Å²) in [6, 6.07) is 1.44. The second-order valence-corrected chi connectivity index (χ2v) is 4.58. The summed E-state index contributed by atoms with van der Waals surface area (Å²) in [5, 5.41) is 3.32. The molecule has 0 spiro atoms. The summed E-state index contributed by atoms with van der Waals surface area (Å²) in [5.41, 5.74) is -0.309. The van der Waals surface area contributed by atoms with Crippen molar-refractivity contribution in [2.45, 2.75) is 19.4 Å². The molecule has 2 heterocycles. The molecule has 0 atom stereocenters. The van der Waals surface area contributed by atoms with E-state index in [-0.39, 0.29) is 11.1 Å². The highest BCUT2D eigenvalue weighted by Gasteiger charge is 2.31. The summed E-state index contributed by atoms with van der Waals surface area (Å²) < 4.78 is 0. The predicted molar refractivity (Wildman–Crippen MR) is 62.3 cm³/mol. The first kappa shape index (κ1) is 11.3. The van der Waals surface area contributed by atoms with Gasteiger partial charge in [0.1, 0.15) is 5.82 Å². The van der Waals surface area contributed by atoms with E-state index >= 15 is 0 Å². The van der Waals surface area contributed by atoms with Gasteiger partial charge in [0.2, 0.25) is 0 Å². The Bertz CT molecular complexity index is 406. The van der Waals surface area contributed by atoms with Gasteiger partial charge in [-0.25, -0.2) is 4.98 Å². The van der Waals surface area contributed by atoms with E-state index in [1.807, 2.05) is 0 Å². The van der Waals surface area contributed by atoms with Crippen molar-refractivity contribution < 1.29 is 0 Å². The van der Waals surface area contributed by atoms with Crippen LogP contribution in [-0.2, 0) is 5.54 Å². The van der Waals surface area contributed by atoms with Gasteiger partial charge >= 0.3 is 0 Å². The van der Waals surface area contributed by atoms with Crippen LogP contribution < -0.4 is 10.9 Å².